The van der Waals surface area contributed by atoms with Crippen LogP contribution in [0.2, 0.25) is 0 Å². The van der Waals surface area contributed by atoms with Crippen molar-refractivity contribution in [2.45, 2.75) is 58.4 Å². The molecule has 2 N–H and O–H groups in total. The van der Waals surface area contributed by atoms with Crippen molar-refractivity contribution in [3.63, 3.8) is 0 Å². The normalized spacial score (nSPS) is 34.9. The molecule has 1 aliphatic rings. The Morgan fingerprint density at radius 3 is 2.21 bits per heavy atom. The maximum atomic E-state index is 13.0. The third-order valence-electron chi connectivity index (χ3n) is 3.45. The Kier molecular flexibility index (Phi) is 3.20. The minimum absolute atomic E-state index is 0.0660. The van der Waals surface area contributed by atoms with Crippen LogP contribution >= 0.6 is 0 Å². The molecule has 0 aliphatic heterocycles. The minimum Gasteiger partial charge on any atom is -0.320 e. The van der Waals surface area contributed by atoms with Gasteiger partial charge in [0.05, 0.1) is 5.54 Å². The largest absolute Gasteiger partial charge is 0.320 e. The minimum atomic E-state index is -2.40. The number of alkyl halides is 2. The van der Waals surface area contributed by atoms with E-state index in [0.29, 0.717) is 6.42 Å². The van der Waals surface area contributed by atoms with E-state index in [1.54, 1.807) is 0 Å². The molecular weight excluding hydrogens is 184 g/mol. The second kappa shape index (κ2) is 3.76. The molecule has 0 amide bonds. The van der Waals surface area contributed by atoms with E-state index in [1.165, 1.54) is 0 Å². The van der Waals surface area contributed by atoms with Crippen molar-refractivity contribution >= 4 is 0 Å². The number of hydrogen-bond donors (Lipinski definition) is 1. The van der Waals surface area contributed by atoms with E-state index < -0.39 is 12.0 Å². The lowest BCUT2D eigenvalue weighted by Crippen LogP contribution is -2.58. The summed E-state index contributed by atoms with van der Waals surface area (Å²) in [5.41, 5.74) is 4.51. The van der Waals surface area contributed by atoms with Gasteiger partial charge in [0.25, 0.3) is 6.43 Å². The van der Waals surface area contributed by atoms with Crippen molar-refractivity contribution in [2.24, 2.45) is 17.1 Å². The molecule has 3 heteroatoms. The summed E-state index contributed by atoms with van der Waals surface area (Å²) in [5.74, 6) is -0.0660. The van der Waals surface area contributed by atoms with Crippen molar-refractivity contribution < 1.29 is 8.78 Å². The Bertz CT molecular complexity index is 198. The molecule has 14 heavy (non-hydrogen) atoms. The highest BCUT2D eigenvalue weighted by Gasteiger charge is 2.49. The highest BCUT2D eigenvalue weighted by molar-refractivity contribution is 5.00. The van der Waals surface area contributed by atoms with Crippen LogP contribution in [-0.2, 0) is 0 Å². The first kappa shape index (κ1) is 11.9. The summed E-state index contributed by atoms with van der Waals surface area (Å²) in [6.07, 6.45) is 0.782. The van der Waals surface area contributed by atoms with Crippen molar-refractivity contribution in [2.75, 3.05) is 0 Å². The molecule has 1 nitrogen and oxygen atoms in total. The molecule has 0 spiro atoms. The van der Waals surface area contributed by atoms with Crippen LogP contribution in [0.5, 0.6) is 0 Å². The zero-order valence-electron chi connectivity index (χ0n) is 9.32. The fourth-order valence-corrected chi connectivity index (χ4v) is 2.72. The predicted octanol–water partition coefficient (Wildman–Crippen LogP) is 3.19. The monoisotopic (exact) mass is 205 g/mol. The van der Waals surface area contributed by atoms with Crippen LogP contribution in [-0.4, -0.2) is 12.0 Å². The molecule has 0 aromatic heterocycles. The van der Waals surface area contributed by atoms with Crippen LogP contribution < -0.4 is 5.73 Å². The first-order valence-electron chi connectivity index (χ1n) is 5.35. The molecule has 2 atom stereocenters. The predicted molar refractivity (Wildman–Crippen MR) is 54.3 cm³/mol. The average molecular weight is 205 g/mol. The number of rotatable bonds is 1. The summed E-state index contributed by atoms with van der Waals surface area (Å²) >= 11 is 0. The fourth-order valence-electron chi connectivity index (χ4n) is 2.72. The standard InChI is InChI=1S/C11H21F2N/c1-10(2,3)8-6-4-5-7-11(8,14)9(12)13/h8-9H,4-7,14H2,1-3H3. The van der Waals surface area contributed by atoms with Crippen molar-refractivity contribution in [3.05, 3.63) is 0 Å². The van der Waals surface area contributed by atoms with Crippen molar-refractivity contribution in [1.82, 2.24) is 0 Å². The molecule has 0 saturated heterocycles. The van der Waals surface area contributed by atoms with E-state index in [9.17, 15) is 8.78 Å². The van der Waals surface area contributed by atoms with E-state index in [-0.39, 0.29) is 11.3 Å². The quantitative estimate of drug-likeness (QED) is 0.699. The van der Waals surface area contributed by atoms with Gasteiger partial charge >= 0.3 is 0 Å². The van der Waals surface area contributed by atoms with Gasteiger partial charge in [-0.05, 0) is 24.2 Å². The van der Waals surface area contributed by atoms with Gasteiger partial charge in [0, 0.05) is 0 Å². The van der Waals surface area contributed by atoms with Crippen LogP contribution in [0.15, 0.2) is 0 Å². The second-order valence-electron chi connectivity index (χ2n) is 5.58. The topological polar surface area (TPSA) is 26.0 Å². The summed E-state index contributed by atoms with van der Waals surface area (Å²) < 4.78 is 25.9. The maximum Gasteiger partial charge on any atom is 0.256 e. The third-order valence-corrected chi connectivity index (χ3v) is 3.45. The van der Waals surface area contributed by atoms with Gasteiger partial charge in [0.1, 0.15) is 0 Å². The first-order chi connectivity index (χ1) is 6.28. The van der Waals surface area contributed by atoms with E-state index in [0.717, 1.165) is 19.3 Å². The Balaban J connectivity index is 2.89. The SMILES string of the molecule is CC(C)(C)C1CCCCC1(N)C(F)F. The highest BCUT2D eigenvalue weighted by atomic mass is 19.3. The molecular formula is C11H21F2N. The zero-order valence-corrected chi connectivity index (χ0v) is 9.32. The molecule has 0 bridgehead atoms. The molecule has 0 heterocycles. The van der Waals surface area contributed by atoms with Gasteiger partial charge in [-0.1, -0.05) is 33.6 Å². The molecule has 0 radical (unpaired) electrons. The smallest absolute Gasteiger partial charge is 0.256 e. The van der Waals surface area contributed by atoms with Crippen LogP contribution in [0.1, 0.15) is 46.5 Å². The molecule has 84 valence electrons. The van der Waals surface area contributed by atoms with Crippen LogP contribution in [0.4, 0.5) is 8.78 Å². The lowest BCUT2D eigenvalue weighted by molar-refractivity contribution is -0.0415. The van der Waals surface area contributed by atoms with Crippen LogP contribution in [0, 0.1) is 11.3 Å². The number of nitrogens with two attached hydrogens (primary N) is 1. The summed E-state index contributed by atoms with van der Waals surface area (Å²) in [6, 6.07) is 0. The molecule has 1 saturated carbocycles. The number of hydrogen-bond acceptors (Lipinski definition) is 1. The van der Waals surface area contributed by atoms with E-state index in [4.69, 9.17) is 5.73 Å². The molecule has 1 aliphatic carbocycles. The van der Waals surface area contributed by atoms with Gasteiger partial charge in [-0.25, -0.2) is 8.78 Å². The van der Waals surface area contributed by atoms with Gasteiger partial charge in [-0.15, -0.1) is 0 Å². The molecule has 2 unspecified atom stereocenters. The molecule has 0 aromatic carbocycles. The molecule has 1 fully saturated rings. The van der Waals surface area contributed by atoms with E-state index in [1.807, 2.05) is 20.8 Å². The van der Waals surface area contributed by atoms with Crippen LogP contribution in [0.3, 0.4) is 0 Å². The Morgan fingerprint density at radius 2 is 1.86 bits per heavy atom. The van der Waals surface area contributed by atoms with E-state index in [2.05, 4.69) is 0 Å². The first-order valence-corrected chi connectivity index (χ1v) is 5.35. The fraction of sp³-hybridized carbons (Fsp3) is 1.00. The van der Waals surface area contributed by atoms with Gasteiger partial charge in [-0.3, -0.25) is 0 Å². The number of halogens is 2. The Labute approximate surface area is 85.1 Å². The van der Waals surface area contributed by atoms with Gasteiger partial charge in [0.15, 0.2) is 0 Å². The van der Waals surface area contributed by atoms with Gasteiger partial charge in [0.2, 0.25) is 0 Å². The lowest BCUT2D eigenvalue weighted by atomic mass is 9.62. The lowest BCUT2D eigenvalue weighted by Gasteiger charge is -2.47. The molecule has 1 rings (SSSR count). The van der Waals surface area contributed by atoms with Gasteiger partial charge < -0.3 is 5.73 Å². The Morgan fingerprint density at radius 1 is 1.29 bits per heavy atom. The Hall–Kier alpha value is -0.180. The molecule has 0 aromatic rings. The summed E-state index contributed by atoms with van der Waals surface area (Å²) in [5, 5.41) is 0. The van der Waals surface area contributed by atoms with Crippen molar-refractivity contribution in [3.8, 4) is 0 Å². The maximum absolute atomic E-state index is 13.0. The second-order valence-corrected chi connectivity index (χ2v) is 5.58. The summed E-state index contributed by atoms with van der Waals surface area (Å²) in [7, 11) is 0. The highest BCUT2D eigenvalue weighted by Crippen LogP contribution is 2.45. The van der Waals surface area contributed by atoms with Crippen molar-refractivity contribution in [1.29, 1.82) is 0 Å². The van der Waals surface area contributed by atoms with Gasteiger partial charge in [-0.2, -0.15) is 0 Å². The van der Waals surface area contributed by atoms with E-state index >= 15 is 0 Å². The third kappa shape index (κ3) is 2.08. The van der Waals surface area contributed by atoms with Crippen LogP contribution in [0.25, 0.3) is 0 Å². The summed E-state index contributed by atoms with van der Waals surface area (Å²) in [4.78, 5) is 0. The zero-order chi connectivity index (χ0) is 11.0. The average Bonchev–Trinajstić information content (AvgIpc) is 2.02. The summed E-state index contributed by atoms with van der Waals surface area (Å²) in [6.45, 7) is 6.02.